The van der Waals surface area contributed by atoms with Crippen molar-refractivity contribution in [1.82, 2.24) is 15.1 Å². The number of carbonyl (C=O) groups excluding carboxylic acids is 1. The summed E-state index contributed by atoms with van der Waals surface area (Å²) in [5.74, 6) is -0.0528. The Hall–Kier alpha value is -2.88. The Kier molecular flexibility index (Phi) is 4.30. The molecular formula is C18H17N3O. The molecule has 1 heterocycles. The highest BCUT2D eigenvalue weighted by Gasteiger charge is 2.05. The van der Waals surface area contributed by atoms with Crippen LogP contribution in [0, 0.1) is 0 Å². The first-order chi connectivity index (χ1) is 10.8. The first kappa shape index (κ1) is 14.1. The van der Waals surface area contributed by atoms with Gasteiger partial charge in [0.1, 0.15) is 0 Å². The molecule has 4 heteroatoms. The summed E-state index contributed by atoms with van der Waals surface area (Å²) in [6, 6.07) is 19.4. The lowest BCUT2D eigenvalue weighted by atomic mass is 10.1. The average Bonchev–Trinajstić information content (AvgIpc) is 3.10. The van der Waals surface area contributed by atoms with Gasteiger partial charge in [-0.1, -0.05) is 30.3 Å². The molecule has 0 aliphatic carbocycles. The van der Waals surface area contributed by atoms with Gasteiger partial charge in [-0.15, -0.1) is 0 Å². The normalized spacial score (nSPS) is 10.4. The third-order valence-electron chi connectivity index (χ3n) is 3.44. The average molecular weight is 291 g/mol. The van der Waals surface area contributed by atoms with Gasteiger partial charge in [0.15, 0.2) is 0 Å². The molecule has 0 saturated heterocycles. The maximum Gasteiger partial charge on any atom is 0.251 e. The molecule has 0 radical (unpaired) electrons. The first-order valence-corrected chi connectivity index (χ1v) is 7.25. The summed E-state index contributed by atoms with van der Waals surface area (Å²) >= 11 is 0. The summed E-state index contributed by atoms with van der Waals surface area (Å²) < 4.78 is 1.76. The number of hydrogen-bond acceptors (Lipinski definition) is 2. The Labute approximate surface area is 129 Å². The molecule has 4 nitrogen and oxygen atoms in total. The van der Waals surface area contributed by atoms with E-state index in [-0.39, 0.29) is 5.91 Å². The zero-order valence-corrected chi connectivity index (χ0v) is 12.1. The largest absolute Gasteiger partial charge is 0.352 e. The van der Waals surface area contributed by atoms with Crippen LogP contribution in [0.15, 0.2) is 73.1 Å². The van der Waals surface area contributed by atoms with Crippen LogP contribution in [0.2, 0.25) is 0 Å². The minimum Gasteiger partial charge on any atom is -0.352 e. The molecule has 3 rings (SSSR count). The lowest BCUT2D eigenvalue weighted by Gasteiger charge is -2.06. The van der Waals surface area contributed by atoms with Crippen molar-refractivity contribution in [2.24, 2.45) is 0 Å². The van der Waals surface area contributed by atoms with Crippen molar-refractivity contribution in [2.45, 2.75) is 6.42 Å². The van der Waals surface area contributed by atoms with Crippen molar-refractivity contribution in [1.29, 1.82) is 0 Å². The van der Waals surface area contributed by atoms with E-state index in [4.69, 9.17) is 0 Å². The number of rotatable bonds is 5. The molecular weight excluding hydrogens is 274 g/mol. The number of aromatic nitrogens is 2. The highest BCUT2D eigenvalue weighted by atomic mass is 16.1. The molecule has 1 N–H and O–H groups in total. The molecule has 3 aromatic rings. The Bertz CT molecular complexity index is 719. The van der Waals surface area contributed by atoms with Gasteiger partial charge in [-0.05, 0) is 42.3 Å². The van der Waals surface area contributed by atoms with Crippen LogP contribution in [0.1, 0.15) is 15.9 Å². The highest BCUT2D eigenvalue weighted by molar-refractivity contribution is 5.94. The fourth-order valence-corrected chi connectivity index (χ4v) is 2.25. The Morgan fingerprint density at radius 2 is 1.77 bits per heavy atom. The van der Waals surface area contributed by atoms with Gasteiger partial charge in [0.2, 0.25) is 0 Å². The van der Waals surface area contributed by atoms with E-state index >= 15 is 0 Å². The molecule has 0 unspecified atom stereocenters. The first-order valence-electron chi connectivity index (χ1n) is 7.25. The van der Waals surface area contributed by atoms with Crippen molar-refractivity contribution in [3.8, 4) is 5.69 Å². The molecule has 110 valence electrons. The number of nitrogens with zero attached hydrogens (tertiary/aromatic N) is 2. The maximum absolute atomic E-state index is 12.1. The second-order valence-electron chi connectivity index (χ2n) is 4.99. The third-order valence-corrected chi connectivity index (χ3v) is 3.44. The van der Waals surface area contributed by atoms with Gasteiger partial charge in [0, 0.05) is 24.5 Å². The molecule has 0 aliphatic heterocycles. The number of hydrogen-bond donors (Lipinski definition) is 1. The Morgan fingerprint density at radius 3 is 2.45 bits per heavy atom. The summed E-state index contributed by atoms with van der Waals surface area (Å²) in [4.78, 5) is 12.1. The summed E-state index contributed by atoms with van der Waals surface area (Å²) in [7, 11) is 0. The zero-order valence-electron chi connectivity index (χ0n) is 12.1. The molecule has 0 atom stereocenters. The number of nitrogens with one attached hydrogen (secondary N) is 1. The van der Waals surface area contributed by atoms with Crippen LogP contribution in [-0.2, 0) is 6.42 Å². The van der Waals surface area contributed by atoms with E-state index in [0.717, 1.165) is 12.1 Å². The van der Waals surface area contributed by atoms with E-state index in [1.807, 2.05) is 54.7 Å². The van der Waals surface area contributed by atoms with Crippen LogP contribution in [0.25, 0.3) is 5.69 Å². The van der Waals surface area contributed by atoms with Crippen LogP contribution in [0.4, 0.5) is 0 Å². The summed E-state index contributed by atoms with van der Waals surface area (Å²) in [6.07, 6.45) is 4.43. The maximum atomic E-state index is 12.1. The number of carbonyl (C=O) groups is 1. The van der Waals surface area contributed by atoms with Gasteiger partial charge >= 0.3 is 0 Å². The van der Waals surface area contributed by atoms with E-state index in [2.05, 4.69) is 22.5 Å². The number of benzene rings is 2. The van der Waals surface area contributed by atoms with Crippen molar-refractivity contribution in [2.75, 3.05) is 6.54 Å². The van der Waals surface area contributed by atoms with Crippen LogP contribution >= 0.6 is 0 Å². The Morgan fingerprint density at radius 1 is 1.00 bits per heavy atom. The van der Waals surface area contributed by atoms with E-state index in [9.17, 15) is 4.79 Å². The zero-order chi connectivity index (χ0) is 15.2. The van der Waals surface area contributed by atoms with E-state index < -0.39 is 0 Å². The summed E-state index contributed by atoms with van der Waals surface area (Å²) in [5.41, 5.74) is 2.81. The molecule has 0 bridgehead atoms. The quantitative estimate of drug-likeness (QED) is 0.785. The van der Waals surface area contributed by atoms with Crippen molar-refractivity contribution in [3.63, 3.8) is 0 Å². The molecule has 1 aromatic heterocycles. The monoisotopic (exact) mass is 291 g/mol. The lowest BCUT2D eigenvalue weighted by Crippen LogP contribution is -2.25. The third kappa shape index (κ3) is 3.41. The van der Waals surface area contributed by atoms with Gasteiger partial charge in [-0.25, -0.2) is 4.68 Å². The minimum atomic E-state index is -0.0528. The van der Waals surface area contributed by atoms with Gasteiger partial charge in [-0.2, -0.15) is 5.10 Å². The van der Waals surface area contributed by atoms with Crippen LogP contribution < -0.4 is 5.32 Å². The van der Waals surface area contributed by atoms with Crippen LogP contribution in [0.3, 0.4) is 0 Å². The molecule has 22 heavy (non-hydrogen) atoms. The van der Waals surface area contributed by atoms with Crippen molar-refractivity contribution < 1.29 is 4.79 Å². The molecule has 0 spiro atoms. The lowest BCUT2D eigenvalue weighted by molar-refractivity contribution is 0.0954. The molecule has 0 aliphatic rings. The summed E-state index contributed by atoms with van der Waals surface area (Å²) in [5, 5.41) is 7.10. The standard InChI is InChI=1S/C18H17N3O/c22-18(19-13-11-15-5-2-1-3-6-15)16-7-9-17(10-8-16)21-14-4-12-20-21/h1-10,12,14H,11,13H2,(H,19,22). The summed E-state index contributed by atoms with van der Waals surface area (Å²) in [6.45, 7) is 0.629. The second kappa shape index (κ2) is 6.72. The highest BCUT2D eigenvalue weighted by Crippen LogP contribution is 2.08. The smallest absolute Gasteiger partial charge is 0.251 e. The van der Waals surface area contributed by atoms with Crippen molar-refractivity contribution in [3.05, 3.63) is 84.2 Å². The van der Waals surface area contributed by atoms with Gasteiger partial charge in [0.05, 0.1) is 5.69 Å². The SMILES string of the molecule is O=C(NCCc1ccccc1)c1ccc(-n2cccn2)cc1. The van der Waals surface area contributed by atoms with Gasteiger partial charge < -0.3 is 5.32 Å². The Balaban J connectivity index is 1.56. The van der Waals surface area contributed by atoms with E-state index in [0.29, 0.717) is 12.1 Å². The van der Waals surface area contributed by atoms with Crippen LogP contribution in [0.5, 0.6) is 0 Å². The molecule has 0 saturated carbocycles. The number of amides is 1. The van der Waals surface area contributed by atoms with Crippen molar-refractivity contribution >= 4 is 5.91 Å². The predicted molar refractivity (Wildman–Crippen MR) is 86.0 cm³/mol. The molecule has 2 aromatic carbocycles. The fourth-order valence-electron chi connectivity index (χ4n) is 2.25. The topological polar surface area (TPSA) is 46.9 Å². The van der Waals surface area contributed by atoms with Gasteiger partial charge in [0.25, 0.3) is 5.91 Å². The van der Waals surface area contributed by atoms with Gasteiger partial charge in [-0.3, -0.25) is 4.79 Å². The van der Waals surface area contributed by atoms with Crippen LogP contribution in [-0.4, -0.2) is 22.2 Å². The second-order valence-corrected chi connectivity index (χ2v) is 4.99. The molecule has 1 amide bonds. The molecule has 0 fully saturated rings. The van der Waals surface area contributed by atoms with E-state index in [1.54, 1.807) is 10.9 Å². The fraction of sp³-hybridized carbons (Fsp3) is 0.111. The minimum absolute atomic E-state index is 0.0528. The van der Waals surface area contributed by atoms with E-state index in [1.165, 1.54) is 5.56 Å². The predicted octanol–water partition coefficient (Wildman–Crippen LogP) is 2.84.